The highest BCUT2D eigenvalue weighted by Crippen LogP contribution is 2.21. The fraction of sp³-hybridized carbons (Fsp3) is 0.818. The summed E-state index contributed by atoms with van der Waals surface area (Å²) in [4.78, 5) is 2.07. The minimum atomic E-state index is -0.219. The van der Waals surface area contributed by atoms with E-state index in [1.807, 2.05) is 13.8 Å². The lowest BCUT2D eigenvalue weighted by molar-refractivity contribution is 0.0516. The molecule has 1 aliphatic heterocycles. The van der Waals surface area contributed by atoms with Crippen molar-refractivity contribution in [3.05, 3.63) is 5.89 Å². The molecule has 0 spiro atoms. The first-order valence-corrected chi connectivity index (χ1v) is 6.16. The third-order valence-electron chi connectivity index (χ3n) is 2.87. The number of hydrogen-bond donors (Lipinski definition) is 1. The standard InChI is InChI=1S/C11H20N4O2/c1-3-16-9-5-4-6-15(7-9)11-14-13-10(17-11)8(2)12/h8-9H,3-7,12H2,1-2H3. The number of ether oxygens (including phenoxy) is 1. The Kier molecular flexibility index (Phi) is 3.96. The van der Waals surface area contributed by atoms with E-state index in [1.165, 1.54) is 0 Å². The van der Waals surface area contributed by atoms with Crippen molar-refractivity contribution >= 4 is 6.01 Å². The van der Waals surface area contributed by atoms with Gasteiger partial charge in [-0.25, -0.2) is 0 Å². The predicted octanol–water partition coefficient (Wildman–Crippen LogP) is 1.09. The van der Waals surface area contributed by atoms with Crippen LogP contribution in [0.25, 0.3) is 0 Å². The summed E-state index contributed by atoms with van der Waals surface area (Å²) in [6.45, 7) is 6.34. The molecule has 6 heteroatoms. The lowest BCUT2D eigenvalue weighted by Crippen LogP contribution is -2.39. The van der Waals surface area contributed by atoms with E-state index in [2.05, 4.69) is 15.1 Å². The van der Waals surface area contributed by atoms with Gasteiger partial charge in [0, 0.05) is 19.7 Å². The van der Waals surface area contributed by atoms with Crippen LogP contribution in [0.1, 0.15) is 38.6 Å². The highest BCUT2D eigenvalue weighted by molar-refractivity contribution is 5.25. The number of nitrogens with two attached hydrogens (primary N) is 1. The molecule has 1 saturated heterocycles. The molecule has 1 aliphatic rings. The van der Waals surface area contributed by atoms with Crippen LogP contribution >= 0.6 is 0 Å². The van der Waals surface area contributed by atoms with Gasteiger partial charge in [0.1, 0.15) is 0 Å². The molecular weight excluding hydrogens is 220 g/mol. The number of anilines is 1. The molecule has 17 heavy (non-hydrogen) atoms. The van der Waals surface area contributed by atoms with E-state index in [0.29, 0.717) is 11.9 Å². The van der Waals surface area contributed by atoms with Crippen LogP contribution in [0, 0.1) is 0 Å². The molecular formula is C11H20N4O2. The molecule has 2 atom stereocenters. The Bertz CT molecular complexity index is 351. The van der Waals surface area contributed by atoms with Crippen LogP contribution in [0.3, 0.4) is 0 Å². The van der Waals surface area contributed by atoms with Crippen LogP contribution in [0.4, 0.5) is 6.01 Å². The molecule has 2 unspecified atom stereocenters. The van der Waals surface area contributed by atoms with Crippen LogP contribution in [-0.2, 0) is 4.74 Å². The Balaban J connectivity index is 2.00. The van der Waals surface area contributed by atoms with Gasteiger partial charge in [-0.3, -0.25) is 0 Å². The lowest BCUT2D eigenvalue weighted by Gasteiger charge is -2.30. The summed E-state index contributed by atoms with van der Waals surface area (Å²) in [5.74, 6) is 0.485. The van der Waals surface area contributed by atoms with Gasteiger partial charge in [0.25, 0.3) is 0 Å². The summed E-state index contributed by atoms with van der Waals surface area (Å²) in [5, 5.41) is 7.97. The van der Waals surface area contributed by atoms with Crippen molar-refractivity contribution in [2.24, 2.45) is 5.73 Å². The molecule has 6 nitrogen and oxygen atoms in total. The van der Waals surface area contributed by atoms with Crippen molar-refractivity contribution in [2.45, 2.75) is 38.8 Å². The number of nitrogens with zero attached hydrogens (tertiary/aromatic N) is 3. The third-order valence-corrected chi connectivity index (χ3v) is 2.87. The molecule has 0 amide bonds. The minimum absolute atomic E-state index is 0.219. The van der Waals surface area contributed by atoms with Crippen LogP contribution in [0.15, 0.2) is 4.42 Å². The van der Waals surface area contributed by atoms with Gasteiger partial charge in [0.15, 0.2) is 0 Å². The van der Waals surface area contributed by atoms with Gasteiger partial charge in [0.2, 0.25) is 5.89 Å². The summed E-state index contributed by atoms with van der Waals surface area (Å²) in [7, 11) is 0. The van der Waals surface area contributed by atoms with Crippen molar-refractivity contribution in [1.82, 2.24) is 10.2 Å². The molecule has 1 aromatic heterocycles. The second-order valence-corrected chi connectivity index (χ2v) is 4.38. The Hall–Kier alpha value is -1.14. The molecule has 0 aromatic carbocycles. The average molecular weight is 240 g/mol. The summed E-state index contributed by atoms with van der Waals surface area (Å²) >= 11 is 0. The number of aromatic nitrogens is 2. The summed E-state index contributed by atoms with van der Waals surface area (Å²) in [6.07, 6.45) is 2.44. The van der Waals surface area contributed by atoms with Crippen molar-refractivity contribution in [1.29, 1.82) is 0 Å². The van der Waals surface area contributed by atoms with Gasteiger partial charge in [-0.05, 0) is 26.7 Å². The van der Waals surface area contributed by atoms with Gasteiger partial charge in [-0.1, -0.05) is 5.10 Å². The second kappa shape index (κ2) is 5.46. The number of hydrogen-bond acceptors (Lipinski definition) is 6. The first-order chi connectivity index (χ1) is 8.20. The highest BCUT2D eigenvalue weighted by atomic mass is 16.5. The summed E-state index contributed by atoms with van der Waals surface area (Å²) < 4.78 is 11.2. The van der Waals surface area contributed by atoms with Crippen molar-refractivity contribution in [2.75, 3.05) is 24.6 Å². The quantitative estimate of drug-likeness (QED) is 0.849. The van der Waals surface area contributed by atoms with Crippen LogP contribution < -0.4 is 10.6 Å². The highest BCUT2D eigenvalue weighted by Gasteiger charge is 2.24. The molecule has 2 rings (SSSR count). The number of piperidine rings is 1. The maximum atomic E-state index is 5.69. The van der Waals surface area contributed by atoms with Crippen molar-refractivity contribution in [3.63, 3.8) is 0 Å². The first kappa shape index (κ1) is 12.3. The molecule has 1 fully saturated rings. The van der Waals surface area contributed by atoms with Gasteiger partial charge < -0.3 is 19.8 Å². The van der Waals surface area contributed by atoms with Crippen molar-refractivity contribution in [3.8, 4) is 0 Å². The van der Waals surface area contributed by atoms with E-state index in [-0.39, 0.29) is 12.1 Å². The molecule has 0 saturated carbocycles. The van der Waals surface area contributed by atoms with E-state index in [1.54, 1.807) is 0 Å². The van der Waals surface area contributed by atoms with E-state index < -0.39 is 0 Å². The normalized spacial score (nSPS) is 22.8. The van der Waals surface area contributed by atoms with E-state index in [4.69, 9.17) is 14.9 Å². The smallest absolute Gasteiger partial charge is 0.318 e. The van der Waals surface area contributed by atoms with E-state index >= 15 is 0 Å². The summed E-state index contributed by atoms with van der Waals surface area (Å²) in [5.41, 5.74) is 5.69. The van der Waals surface area contributed by atoms with Gasteiger partial charge >= 0.3 is 6.01 Å². The SMILES string of the molecule is CCOC1CCCN(c2nnc(C(C)N)o2)C1. The Morgan fingerprint density at radius 3 is 3.06 bits per heavy atom. The van der Waals surface area contributed by atoms with Crippen LogP contribution in [0.5, 0.6) is 0 Å². The van der Waals surface area contributed by atoms with E-state index in [0.717, 1.165) is 32.5 Å². The number of rotatable bonds is 4. The zero-order chi connectivity index (χ0) is 12.3. The van der Waals surface area contributed by atoms with Gasteiger partial charge in [-0.2, -0.15) is 0 Å². The molecule has 2 N–H and O–H groups in total. The van der Waals surface area contributed by atoms with Crippen LogP contribution in [0.2, 0.25) is 0 Å². The lowest BCUT2D eigenvalue weighted by atomic mass is 10.1. The molecule has 2 heterocycles. The summed E-state index contributed by atoms with van der Waals surface area (Å²) in [6, 6.07) is 0.338. The Labute approximate surface area is 101 Å². The van der Waals surface area contributed by atoms with Gasteiger partial charge in [0.05, 0.1) is 12.1 Å². The monoisotopic (exact) mass is 240 g/mol. The molecule has 96 valence electrons. The largest absolute Gasteiger partial charge is 0.406 e. The molecule has 0 aliphatic carbocycles. The first-order valence-electron chi connectivity index (χ1n) is 6.16. The molecule has 1 aromatic rings. The minimum Gasteiger partial charge on any atom is -0.406 e. The zero-order valence-corrected chi connectivity index (χ0v) is 10.4. The van der Waals surface area contributed by atoms with Gasteiger partial charge in [-0.15, -0.1) is 5.10 Å². The topological polar surface area (TPSA) is 77.4 Å². The average Bonchev–Trinajstić information content (AvgIpc) is 2.79. The molecule has 0 radical (unpaired) electrons. The third kappa shape index (κ3) is 2.95. The fourth-order valence-electron chi connectivity index (χ4n) is 2.02. The maximum absolute atomic E-state index is 5.69. The fourth-order valence-corrected chi connectivity index (χ4v) is 2.02. The van der Waals surface area contributed by atoms with Crippen LogP contribution in [-0.4, -0.2) is 36.0 Å². The predicted molar refractivity (Wildman–Crippen MR) is 63.8 cm³/mol. The molecule has 0 bridgehead atoms. The zero-order valence-electron chi connectivity index (χ0n) is 10.4. The van der Waals surface area contributed by atoms with Crippen molar-refractivity contribution < 1.29 is 9.15 Å². The second-order valence-electron chi connectivity index (χ2n) is 4.38. The Morgan fingerprint density at radius 1 is 1.59 bits per heavy atom. The Morgan fingerprint density at radius 2 is 2.41 bits per heavy atom. The van der Waals surface area contributed by atoms with E-state index in [9.17, 15) is 0 Å². The maximum Gasteiger partial charge on any atom is 0.318 e.